The minimum atomic E-state index is 0. The van der Waals surface area contributed by atoms with Crippen LogP contribution in [-0.4, -0.2) is 6.04 Å². The van der Waals surface area contributed by atoms with Gasteiger partial charge in [-0.15, -0.1) is 0 Å². The Kier molecular flexibility index (Phi) is 1.36. The summed E-state index contributed by atoms with van der Waals surface area (Å²) in [5.74, 6) is 0. The van der Waals surface area contributed by atoms with Crippen LogP contribution < -0.4 is 11.9 Å². The van der Waals surface area contributed by atoms with Gasteiger partial charge in [-0.2, -0.15) is 0 Å². The molecule has 2 nitrogen and oxygen atoms in total. The monoisotopic (exact) mass is 74.1 g/mol. The largest absolute Gasteiger partial charge is 0.344 e. The first-order chi connectivity index (χ1) is 1.89. The third-order valence-corrected chi connectivity index (χ3v) is 0.622. The van der Waals surface area contributed by atoms with E-state index in [0.29, 0.717) is 6.04 Å². The first kappa shape index (κ1) is 4.92. The Morgan fingerprint density at radius 2 is 1.60 bits per heavy atom. The van der Waals surface area contributed by atoms with Crippen molar-refractivity contribution in [3.63, 3.8) is 0 Å². The third-order valence-electron chi connectivity index (χ3n) is 0.622. The van der Waals surface area contributed by atoms with Crippen LogP contribution in [0.15, 0.2) is 0 Å². The molecular formula is C3H10N2. The molecule has 1 aliphatic rings. The van der Waals surface area contributed by atoms with E-state index in [9.17, 15) is 0 Å². The SMILES string of the molecule is N.NC1CC1. The van der Waals surface area contributed by atoms with E-state index in [1.54, 1.807) is 0 Å². The fourth-order valence-electron chi connectivity index (χ4n) is 0.0962. The van der Waals surface area contributed by atoms with Gasteiger partial charge in [0.1, 0.15) is 0 Å². The summed E-state index contributed by atoms with van der Waals surface area (Å²) in [6, 6.07) is 0.583. The molecule has 5 heavy (non-hydrogen) atoms. The van der Waals surface area contributed by atoms with Crippen LogP contribution in [-0.2, 0) is 0 Å². The number of rotatable bonds is 0. The Labute approximate surface area is 31.9 Å². The Morgan fingerprint density at radius 3 is 1.60 bits per heavy atom. The van der Waals surface area contributed by atoms with Gasteiger partial charge >= 0.3 is 0 Å². The Morgan fingerprint density at radius 1 is 1.40 bits per heavy atom. The minimum Gasteiger partial charge on any atom is -0.344 e. The van der Waals surface area contributed by atoms with Gasteiger partial charge in [-0.05, 0) is 12.8 Å². The molecule has 0 radical (unpaired) electrons. The van der Waals surface area contributed by atoms with Crippen LogP contribution in [0.5, 0.6) is 0 Å². The zero-order valence-corrected chi connectivity index (χ0v) is 3.28. The second kappa shape index (κ2) is 1.38. The predicted octanol–water partition coefficient (Wildman–Crippen LogP) is 0.269. The van der Waals surface area contributed by atoms with Gasteiger partial charge in [0.2, 0.25) is 0 Å². The third kappa shape index (κ3) is 1.69. The van der Waals surface area contributed by atoms with E-state index in [2.05, 4.69) is 0 Å². The summed E-state index contributed by atoms with van der Waals surface area (Å²) in [6.07, 6.45) is 2.53. The molecule has 0 bridgehead atoms. The number of nitrogens with two attached hydrogens (primary N) is 1. The van der Waals surface area contributed by atoms with E-state index < -0.39 is 0 Å². The second-order valence-corrected chi connectivity index (χ2v) is 1.34. The average molecular weight is 74.1 g/mol. The van der Waals surface area contributed by atoms with Crippen molar-refractivity contribution in [3.8, 4) is 0 Å². The Bertz CT molecular complexity index is 24.1. The summed E-state index contributed by atoms with van der Waals surface area (Å²) in [7, 11) is 0. The molecule has 1 aliphatic carbocycles. The van der Waals surface area contributed by atoms with Crippen molar-refractivity contribution in [2.45, 2.75) is 18.9 Å². The van der Waals surface area contributed by atoms with Crippen LogP contribution in [0.4, 0.5) is 0 Å². The van der Waals surface area contributed by atoms with Gasteiger partial charge in [-0.3, -0.25) is 0 Å². The number of hydrogen-bond acceptors (Lipinski definition) is 2. The lowest BCUT2D eigenvalue weighted by Crippen LogP contribution is -1.94. The van der Waals surface area contributed by atoms with Gasteiger partial charge in [0.25, 0.3) is 0 Å². The normalized spacial score (nSPS) is 21.0. The highest BCUT2D eigenvalue weighted by molar-refractivity contribution is 4.75. The summed E-state index contributed by atoms with van der Waals surface area (Å²) in [4.78, 5) is 0. The van der Waals surface area contributed by atoms with E-state index in [1.165, 1.54) is 12.8 Å². The van der Waals surface area contributed by atoms with Gasteiger partial charge in [0.05, 0.1) is 0 Å². The molecule has 0 spiro atoms. The van der Waals surface area contributed by atoms with E-state index in [4.69, 9.17) is 5.73 Å². The van der Waals surface area contributed by atoms with Gasteiger partial charge in [0, 0.05) is 6.04 Å². The molecule has 0 unspecified atom stereocenters. The maximum absolute atomic E-state index is 5.22. The molecule has 1 fully saturated rings. The van der Waals surface area contributed by atoms with Crippen LogP contribution in [0.2, 0.25) is 0 Å². The summed E-state index contributed by atoms with van der Waals surface area (Å²) in [5.41, 5.74) is 5.22. The summed E-state index contributed by atoms with van der Waals surface area (Å²) in [6.45, 7) is 0. The molecule has 32 valence electrons. The Hall–Kier alpha value is -0.0800. The molecule has 0 aliphatic heterocycles. The molecular weight excluding hydrogens is 64.0 g/mol. The highest BCUT2D eigenvalue weighted by atomic mass is 14.7. The van der Waals surface area contributed by atoms with Crippen LogP contribution in [0.25, 0.3) is 0 Å². The van der Waals surface area contributed by atoms with Crippen molar-refractivity contribution < 1.29 is 0 Å². The van der Waals surface area contributed by atoms with Gasteiger partial charge < -0.3 is 11.9 Å². The predicted molar refractivity (Wildman–Crippen MR) is 22.2 cm³/mol. The molecule has 5 N–H and O–H groups in total. The van der Waals surface area contributed by atoms with Crippen molar-refractivity contribution in [3.05, 3.63) is 0 Å². The summed E-state index contributed by atoms with van der Waals surface area (Å²) < 4.78 is 0. The van der Waals surface area contributed by atoms with Crippen LogP contribution in [0.3, 0.4) is 0 Å². The molecule has 0 saturated heterocycles. The molecule has 1 rings (SSSR count). The van der Waals surface area contributed by atoms with Crippen LogP contribution >= 0.6 is 0 Å². The van der Waals surface area contributed by atoms with Crippen molar-refractivity contribution in [2.24, 2.45) is 5.73 Å². The molecule has 0 aromatic rings. The topological polar surface area (TPSA) is 61.0 Å². The van der Waals surface area contributed by atoms with Crippen molar-refractivity contribution in [2.75, 3.05) is 0 Å². The molecule has 0 heterocycles. The number of hydrogen-bond donors (Lipinski definition) is 2. The fourth-order valence-corrected chi connectivity index (χ4v) is 0.0962. The van der Waals surface area contributed by atoms with Crippen molar-refractivity contribution >= 4 is 0 Å². The maximum atomic E-state index is 5.22. The second-order valence-electron chi connectivity index (χ2n) is 1.34. The highest BCUT2D eigenvalue weighted by Crippen LogP contribution is 2.13. The molecule has 0 atom stereocenters. The standard InChI is InChI=1S/C3H7N.H3N/c4-3-1-2-3;/h3H,1-2,4H2;1H3. The smallest absolute Gasteiger partial charge is 0.00399 e. The lowest BCUT2D eigenvalue weighted by atomic mass is 10.8. The van der Waals surface area contributed by atoms with E-state index in [-0.39, 0.29) is 6.15 Å². The maximum Gasteiger partial charge on any atom is 0.00399 e. The minimum absolute atomic E-state index is 0. The first-order valence-electron chi connectivity index (χ1n) is 1.65. The summed E-state index contributed by atoms with van der Waals surface area (Å²) in [5, 5.41) is 0. The summed E-state index contributed by atoms with van der Waals surface area (Å²) >= 11 is 0. The fraction of sp³-hybridized carbons (Fsp3) is 1.00. The van der Waals surface area contributed by atoms with Crippen molar-refractivity contribution in [1.29, 1.82) is 0 Å². The van der Waals surface area contributed by atoms with Gasteiger partial charge in [-0.1, -0.05) is 0 Å². The van der Waals surface area contributed by atoms with E-state index >= 15 is 0 Å². The quantitative estimate of drug-likeness (QED) is 0.433. The molecule has 0 aromatic carbocycles. The van der Waals surface area contributed by atoms with Crippen LogP contribution in [0.1, 0.15) is 12.8 Å². The van der Waals surface area contributed by atoms with Crippen LogP contribution in [0, 0.1) is 0 Å². The zero-order valence-electron chi connectivity index (χ0n) is 3.28. The lowest BCUT2D eigenvalue weighted by molar-refractivity contribution is 1.07. The van der Waals surface area contributed by atoms with Gasteiger partial charge in [-0.25, -0.2) is 0 Å². The average Bonchev–Trinajstić information content (AvgIpc) is 1.75. The van der Waals surface area contributed by atoms with E-state index in [1.807, 2.05) is 0 Å². The highest BCUT2D eigenvalue weighted by Gasteiger charge is 2.13. The molecule has 0 aromatic heterocycles. The van der Waals surface area contributed by atoms with Crippen molar-refractivity contribution in [1.82, 2.24) is 6.15 Å². The van der Waals surface area contributed by atoms with E-state index in [0.717, 1.165) is 0 Å². The van der Waals surface area contributed by atoms with Gasteiger partial charge in [0.15, 0.2) is 0 Å². The zero-order chi connectivity index (χ0) is 2.99. The lowest BCUT2D eigenvalue weighted by Gasteiger charge is -1.58. The Balaban J connectivity index is 0.000000160. The molecule has 2 heteroatoms. The molecule has 0 amide bonds. The molecule has 1 saturated carbocycles. The first-order valence-corrected chi connectivity index (χ1v) is 1.65.